The summed E-state index contributed by atoms with van der Waals surface area (Å²) in [6, 6.07) is -1.34. The van der Waals surface area contributed by atoms with Gasteiger partial charge in [0.25, 0.3) is 23.5 Å². The van der Waals surface area contributed by atoms with Crippen molar-refractivity contribution in [3.63, 3.8) is 0 Å². The normalized spacial score (nSPS) is 26.1. The molecule has 3 aromatic heterocycles. The molecule has 1 aliphatic carbocycles. The first-order valence-corrected chi connectivity index (χ1v) is 15.0. The number of ether oxygens (including phenoxy) is 2. The maximum Gasteiger partial charge on any atom is 0.276 e. The Morgan fingerprint density at radius 3 is 2.49 bits per heavy atom. The Morgan fingerprint density at radius 1 is 1.07 bits per heavy atom. The van der Waals surface area contributed by atoms with Gasteiger partial charge in [-0.1, -0.05) is 5.16 Å². The fraction of sp³-hybridized carbons (Fsp3) is 0.679. The van der Waals surface area contributed by atoms with Crippen LogP contribution in [0.5, 0.6) is 0 Å². The smallest absolute Gasteiger partial charge is 0.276 e. The minimum absolute atomic E-state index is 0.0242. The van der Waals surface area contributed by atoms with Crippen LogP contribution in [0.25, 0.3) is 5.78 Å². The number of hydrogen-bond donors (Lipinski definition) is 1. The number of methoxy groups -OCH3 is 1. The van der Waals surface area contributed by atoms with Crippen LogP contribution in [0.1, 0.15) is 91.0 Å². The zero-order chi connectivity index (χ0) is 31.9. The van der Waals surface area contributed by atoms with Crippen molar-refractivity contribution >= 4 is 17.6 Å². The summed E-state index contributed by atoms with van der Waals surface area (Å²) in [5.74, 6) is -6.90. The average Bonchev–Trinajstić information content (AvgIpc) is 3.65. The Kier molecular flexibility index (Phi) is 8.49. The zero-order valence-electron chi connectivity index (χ0n) is 24.8. The van der Waals surface area contributed by atoms with E-state index >= 15 is 0 Å². The van der Waals surface area contributed by atoms with Gasteiger partial charge in [0.1, 0.15) is 18.4 Å². The van der Waals surface area contributed by atoms with Gasteiger partial charge in [0.2, 0.25) is 5.92 Å². The molecule has 0 aromatic carbocycles. The van der Waals surface area contributed by atoms with E-state index in [1.807, 2.05) is 0 Å². The van der Waals surface area contributed by atoms with E-state index < -0.39 is 54.9 Å². The maximum absolute atomic E-state index is 14.0. The van der Waals surface area contributed by atoms with Gasteiger partial charge in [0.15, 0.2) is 5.69 Å². The molecule has 3 aromatic rings. The third kappa shape index (κ3) is 6.64. The molecule has 0 radical (unpaired) electrons. The van der Waals surface area contributed by atoms with Crippen molar-refractivity contribution in [1.29, 1.82) is 0 Å². The molecule has 13 nitrogen and oxygen atoms in total. The van der Waals surface area contributed by atoms with Crippen molar-refractivity contribution in [2.75, 3.05) is 20.3 Å². The van der Waals surface area contributed by atoms with Crippen LogP contribution >= 0.6 is 0 Å². The molecule has 17 heteroatoms. The first-order chi connectivity index (χ1) is 21.4. The highest BCUT2D eigenvalue weighted by molar-refractivity contribution is 5.93. The molecule has 3 fully saturated rings. The summed E-state index contributed by atoms with van der Waals surface area (Å²) >= 11 is 0. The molecule has 3 aliphatic rings. The first kappa shape index (κ1) is 31.3. The molecule has 0 bridgehead atoms. The highest BCUT2D eigenvalue weighted by Gasteiger charge is 2.43. The van der Waals surface area contributed by atoms with Gasteiger partial charge in [0, 0.05) is 32.9 Å². The van der Waals surface area contributed by atoms with E-state index in [0.29, 0.717) is 30.8 Å². The van der Waals surface area contributed by atoms with Gasteiger partial charge in [-0.2, -0.15) is 5.10 Å². The van der Waals surface area contributed by atoms with E-state index in [4.69, 9.17) is 14.5 Å². The molecule has 244 valence electrons. The lowest BCUT2D eigenvalue weighted by molar-refractivity contribution is -0.174. The van der Waals surface area contributed by atoms with Crippen molar-refractivity contribution in [2.24, 2.45) is 5.92 Å². The lowest BCUT2D eigenvalue weighted by atomic mass is 9.81. The molecule has 2 aliphatic heterocycles. The Morgan fingerprint density at radius 2 is 1.82 bits per heavy atom. The predicted octanol–water partition coefficient (Wildman–Crippen LogP) is 3.61. The molecular formula is C28H34F4N8O5. The van der Waals surface area contributed by atoms with E-state index in [0.717, 1.165) is 0 Å². The minimum atomic E-state index is -2.96. The molecule has 2 saturated heterocycles. The van der Waals surface area contributed by atoms with Crippen molar-refractivity contribution in [1.82, 2.24) is 40.1 Å². The molecular weight excluding hydrogens is 604 g/mol. The number of rotatable bonds is 7. The van der Waals surface area contributed by atoms with E-state index in [1.54, 1.807) is 25.1 Å². The second kappa shape index (κ2) is 12.2. The van der Waals surface area contributed by atoms with Crippen LogP contribution in [0.15, 0.2) is 17.0 Å². The van der Waals surface area contributed by atoms with Crippen molar-refractivity contribution in [2.45, 2.75) is 94.4 Å². The number of carbonyl (C=O) groups is 2. The van der Waals surface area contributed by atoms with E-state index in [1.165, 1.54) is 10.7 Å². The molecule has 2 amide bonds. The lowest BCUT2D eigenvalue weighted by Crippen LogP contribution is -2.50. The fourth-order valence-corrected chi connectivity index (χ4v) is 6.38. The van der Waals surface area contributed by atoms with Gasteiger partial charge >= 0.3 is 0 Å². The van der Waals surface area contributed by atoms with Gasteiger partial charge in [-0.15, -0.1) is 0 Å². The average molecular weight is 639 g/mol. The molecule has 4 atom stereocenters. The largest absolute Gasteiger partial charge is 0.381 e. The van der Waals surface area contributed by atoms with Crippen LogP contribution in [-0.4, -0.2) is 90.9 Å². The summed E-state index contributed by atoms with van der Waals surface area (Å²) in [4.78, 5) is 37.5. The number of hydrogen-bond acceptors (Lipinski definition) is 10. The van der Waals surface area contributed by atoms with E-state index in [-0.39, 0.29) is 61.3 Å². The second-order valence-corrected chi connectivity index (χ2v) is 12.1. The number of amides is 2. The summed E-state index contributed by atoms with van der Waals surface area (Å²) in [6.45, 7) is 1.06. The van der Waals surface area contributed by atoms with Crippen molar-refractivity contribution < 1.29 is 41.3 Å². The van der Waals surface area contributed by atoms with Crippen LogP contribution in [-0.2, 0) is 14.3 Å². The van der Waals surface area contributed by atoms with Crippen LogP contribution in [0.4, 0.5) is 17.6 Å². The number of imidazole rings is 1. The first-order valence-electron chi connectivity index (χ1n) is 15.0. The third-order valence-electron chi connectivity index (χ3n) is 8.99. The lowest BCUT2D eigenvalue weighted by Gasteiger charge is -2.41. The number of alkyl halides is 4. The van der Waals surface area contributed by atoms with Gasteiger partial charge in [-0.05, 0) is 50.1 Å². The molecule has 1 N–H and O–H groups in total. The number of nitrogens with zero attached hydrogens (tertiary/aromatic N) is 7. The Balaban J connectivity index is 1.28. The SMILES string of the molecule is CO[C@@H]1CCN(C(=O)[C@@H]2CCC(F)(F)CO2)[C@@H](c2cnn3cc([C@@H](NC(=O)c4nonc4C)C4CCC(F)(F)CC4)nc3n2)C1. The summed E-state index contributed by atoms with van der Waals surface area (Å²) in [7, 11) is 1.58. The van der Waals surface area contributed by atoms with Crippen molar-refractivity contribution in [3.05, 3.63) is 35.2 Å². The van der Waals surface area contributed by atoms with Gasteiger partial charge in [-0.25, -0.2) is 36.7 Å². The quantitative estimate of drug-likeness (QED) is 0.381. The molecule has 1 saturated carbocycles. The number of halogens is 4. The minimum Gasteiger partial charge on any atom is -0.381 e. The number of carbonyl (C=O) groups excluding carboxylic acids is 2. The fourth-order valence-electron chi connectivity index (χ4n) is 6.38. The topological polar surface area (TPSA) is 150 Å². The number of piperidine rings is 1. The number of aromatic nitrogens is 6. The molecule has 0 spiro atoms. The molecule has 0 unspecified atom stereocenters. The number of nitrogens with one attached hydrogen (secondary N) is 1. The van der Waals surface area contributed by atoms with Crippen molar-refractivity contribution in [3.8, 4) is 0 Å². The number of aryl methyl sites for hydroxylation is 1. The maximum atomic E-state index is 14.0. The van der Waals surface area contributed by atoms with Crippen LogP contribution in [0.3, 0.4) is 0 Å². The highest BCUT2D eigenvalue weighted by Crippen LogP contribution is 2.41. The standard InChI is InChI=1S/C28H34F4N8O5/c1-15-22(38-45-37-15)24(41)36-23(16-3-7-27(29,30)8-4-16)19-13-40-26(35-19)34-18(12-33-40)20-11-17(43-2)6-10-39(20)25(42)21-5-9-28(31,32)14-44-21/h12-13,16-17,20-21,23H,3-11,14H2,1-2H3,(H,36,41)/t17-,20-,21+,23+/m1/s1. The monoisotopic (exact) mass is 638 g/mol. The van der Waals surface area contributed by atoms with Crippen LogP contribution in [0, 0.1) is 12.8 Å². The number of likely N-dealkylation sites (tertiary alicyclic amines) is 1. The van der Waals surface area contributed by atoms with Gasteiger partial charge < -0.3 is 19.7 Å². The third-order valence-corrected chi connectivity index (χ3v) is 8.99. The summed E-state index contributed by atoms with van der Waals surface area (Å²) in [6.07, 6.45) is 1.98. The number of fused-ring (bicyclic) bond motifs is 1. The highest BCUT2D eigenvalue weighted by atomic mass is 19.3. The summed E-state index contributed by atoms with van der Waals surface area (Å²) in [5.41, 5.74) is 1.03. The Bertz CT molecular complexity index is 1530. The summed E-state index contributed by atoms with van der Waals surface area (Å²) < 4.78 is 72.3. The van der Waals surface area contributed by atoms with Crippen LogP contribution in [0.2, 0.25) is 0 Å². The second-order valence-electron chi connectivity index (χ2n) is 12.1. The predicted molar refractivity (Wildman–Crippen MR) is 145 cm³/mol. The van der Waals surface area contributed by atoms with Crippen LogP contribution < -0.4 is 5.32 Å². The molecule has 6 rings (SSSR count). The zero-order valence-corrected chi connectivity index (χ0v) is 24.8. The van der Waals surface area contributed by atoms with Gasteiger partial charge in [0.05, 0.1) is 42.0 Å². The van der Waals surface area contributed by atoms with E-state index in [9.17, 15) is 27.2 Å². The molecule has 5 heterocycles. The molecule has 45 heavy (non-hydrogen) atoms. The summed E-state index contributed by atoms with van der Waals surface area (Å²) in [5, 5.41) is 14.6. The Hall–Kier alpha value is -3.73. The Labute approximate surface area is 255 Å². The van der Waals surface area contributed by atoms with E-state index in [2.05, 4.69) is 30.3 Å². The van der Waals surface area contributed by atoms with Gasteiger partial charge in [-0.3, -0.25) is 9.59 Å².